The molecule has 0 aliphatic rings. The molecule has 0 saturated heterocycles. The van der Waals surface area contributed by atoms with Gasteiger partial charge < -0.3 is 9.84 Å². The normalized spacial score (nSPS) is 10.2. The minimum atomic E-state index is -1.26. The van der Waals surface area contributed by atoms with E-state index >= 15 is 0 Å². The van der Waals surface area contributed by atoms with Gasteiger partial charge in [-0.3, -0.25) is 20.4 Å². The Kier molecular flexibility index (Phi) is 6.30. The fourth-order valence-electron chi connectivity index (χ4n) is 1.88. The minimum Gasteiger partial charge on any atom is -0.484 e. The van der Waals surface area contributed by atoms with E-state index in [1.54, 1.807) is 12.1 Å². The highest BCUT2D eigenvalue weighted by atomic mass is 16.5. The van der Waals surface area contributed by atoms with Gasteiger partial charge in [-0.05, 0) is 23.3 Å². The van der Waals surface area contributed by atoms with E-state index in [-0.39, 0.29) is 6.61 Å². The number of ether oxygens (including phenoxy) is 1. The van der Waals surface area contributed by atoms with Gasteiger partial charge in [-0.1, -0.05) is 42.5 Å². The van der Waals surface area contributed by atoms with Crippen LogP contribution in [0.3, 0.4) is 0 Å². The monoisotopic (exact) mass is 340 g/mol. The van der Waals surface area contributed by atoms with Gasteiger partial charge in [0.05, 0.1) is 0 Å². The van der Waals surface area contributed by atoms with Crippen LogP contribution in [0.1, 0.15) is 0 Å². The van der Waals surface area contributed by atoms with Crippen LogP contribution in [0.4, 0.5) is 0 Å². The van der Waals surface area contributed by atoms with Crippen molar-refractivity contribution in [1.82, 2.24) is 10.9 Å². The summed E-state index contributed by atoms with van der Waals surface area (Å²) in [5, 5.41) is 8.37. The summed E-state index contributed by atoms with van der Waals surface area (Å²) in [6.07, 6.45) is 1.44. The zero-order valence-electron chi connectivity index (χ0n) is 13.1. The SMILES string of the molecule is O=C(O)/C=C/C(=O)NNC(=O)COc1ccc(-c2ccccc2)cc1. The van der Waals surface area contributed by atoms with Crippen LogP contribution in [0.5, 0.6) is 5.75 Å². The van der Waals surface area contributed by atoms with E-state index in [1.165, 1.54) is 0 Å². The highest BCUT2D eigenvalue weighted by Crippen LogP contribution is 2.21. The molecule has 128 valence electrons. The number of nitrogens with one attached hydrogen (secondary N) is 2. The number of hydrazine groups is 1. The average Bonchev–Trinajstić information content (AvgIpc) is 2.64. The second kappa shape index (κ2) is 8.88. The predicted octanol–water partition coefficient (Wildman–Crippen LogP) is 1.52. The van der Waals surface area contributed by atoms with Gasteiger partial charge in [-0.15, -0.1) is 0 Å². The van der Waals surface area contributed by atoms with Gasteiger partial charge in [0.15, 0.2) is 6.61 Å². The minimum absolute atomic E-state index is 0.298. The summed E-state index contributed by atoms with van der Waals surface area (Å²) in [7, 11) is 0. The Balaban J connectivity index is 1.78. The highest BCUT2D eigenvalue weighted by Gasteiger charge is 2.04. The summed E-state index contributed by atoms with van der Waals surface area (Å²) < 4.78 is 5.31. The molecular formula is C18H16N2O5. The number of hydrogen-bond acceptors (Lipinski definition) is 4. The van der Waals surface area contributed by atoms with E-state index in [0.717, 1.165) is 17.2 Å². The van der Waals surface area contributed by atoms with Crippen LogP contribution >= 0.6 is 0 Å². The second-order valence-electron chi connectivity index (χ2n) is 4.89. The molecule has 2 aromatic carbocycles. The molecule has 0 bridgehead atoms. The Hall–Kier alpha value is -3.61. The molecule has 25 heavy (non-hydrogen) atoms. The van der Waals surface area contributed by atoms with Gasteiger partial charge in [-0.2, -0.15) is 0 Å². The van der Waals surface area contributed by atoms with Crippen LogP contribution in [0.25, 0.3) is 11.1 Å². The lowest BCUT2D eigenvalue weighted by Crippen LogP contribution is -2.43. The summed E-state index contributed by atoms with van der Waals surface area (Å²) in [5.74, 6) is -2.09. The number of amides is 2. The molecule has 3 N–H and O–H groups in total. The lowest BCUT2D eigenvalue weighted by molar-refractivity contribution is -0.131. The topological polar surface area (TPSA) is 105 Å². The van der Waals surface area contributed by atoms with E-state index in [0.29, 0.717) is 11.8 Å². The Morgan fingerprint density at radius 2 is 1.52 bits per heavy atom. The molecule has 2 amide bonds. The first-order chi connectivity index (χ1) is 12.0. The maximum atomic E-state index is 11.6. The van der Waals surface area contributed by atoms with E-state index in [1.807, 2.05) is 47.9 Å². The van der Waals surface area contributed by atoms with Crippen LogP contribution < -0.4 is 15.6 Å². The van der Waals surface area contributed by atoms with Crippen molar-refractivity contribution in [1.29, 1.82) is 0 Å². The zero-order chi connectivity index (χ0) is 18.1. The largest absolute Gasteiger partial charge is 0.484 e. The number of carboxylic acid groups (broad SMARTS) is 1. The molecule has 0 heterocycles. The molecule has 7 heteroatoms. The van der Waals surface area contributed by atoms with Gasteiger partial charge in [0.25, 0.3) is 11.8 Å². The van der Waals surface area contributed by atoms with Gasteiger partial charge in [0, 0.05) is 12.2 Å². The lowest BCUT2D eigenvalue weighted by Gasteiger charge is -2.08. The van der Waals surface area contributed by atoms with Gasteiger partial charge >= 0.3 is 5.97 Å². The van der Waals surface area contributed by atoms with E-state index < -0.39 is 17.8 Å². The Morgan fingerprint density at radius 1 is 0.880 bits per heavy atom. The van der Waals surface area contributed by atoms with Crippen molar-refractivity contribution in [2.45, 2.75) is 0 Å². The molecule has 2 aromatic rings. The third-order valence-electron chi connectivity index (χ3n) is 3.03. The van der Waals surface area contributed by atoms with Crippen LogP contribution in [0.15, 0.2) is 66.7 Å². The van der Waals surface area contributed by atoms with E-state index in [2.05, 4.69) is 5.43 Å². The van der Waals surface area contributed by atoms with Crippen LogP contribution in [-0.2, 0) is 14.4 Å². The van der Waals surface area contributed by atoms with Gasteiger partial charge in [0.1, 0.15) is 5.75 Å². The first-order valence-electron chi connectivity index (χ1n) is 7.33. The third-order valence-corrected chi connectivity index (χ3v) is 3.03. The fourth-order valence-corrected chi connectivity index (χ4v) is 1.88. The molecule has 0 atom stereocenters. The lowest BCUT2D eigenvalue weighted by atomic mass is 10.1. The predicted molar refractivity (Wildman–Crippen MR) is 90.4 cm³/mol. The summed E-state index contributed by atoms with van der Waals surface area (Å²) in [4.78, 5) is 33.0. The van der Waals surface area contributed by atoms with Crippen LogP contribution in [0, 0.1) is 0 Å². The first-order valence-corrected chi connectivity index (χ1v) is 7.33. The first kappa shape index (κ1) is 17.7. The van der Waals surface area contributed by atoms with E-state index in [4.69, 9.17) is 9.84 Å². The standard InChI is InChI=1S/C18H16N2O5/c21-16(10-11-18(23)24)19-20-17(22)12-25-15-8-6-14(7-9-15)13-4-2-1-3-5-13/h1-11H,12H2,(H,19,21)(H,20,22)(H,23,24)/b11-10+. The van der Waals surface area contributed by atoms with Crippen molar-refractivity contribution in [2.75, 3.05) is 6.61 Å². The molecular weight excluding hydrogens is 324 g/mol. The van der Waals surface area contributed by atoms with Gasteiger partial charge in [-0.25, -0.2) is 4.79 Å². The fraction of sp³-hybridized carbons (Fsp3) is 0.0556. The smallest absolute Gasteiger partial charge is 0.328 e. The van der Waals surface area contributed by atoms with Crippen molar-refractivity contribution < 1.29 is 24.2 Å². The number of carbonyl (C=O) groups excluding carboxylic acids is 2. The summed E-state index contributed by atoms with van der Waals surface area (Å²) in [5.41, 5.74) is 6.24. The second-order valence-corrected chi connectivity index (χ2v) is 4.89. The zero-order valence-corrected chi connectivity index (χ0v) is 13.1. The molecule has 7 nitrogen and oxygen atoms in total. The number of carbonyl (C=O) groups is 3. The molecule has 0 aromatic heterocycles. The van der Waals surface area contributed by atoms with Crippen molar-refractivity contribution in [3.63, 3.8) is 0 Å². The molecule has 0 aliphatic heterocycles. The number of hydrogen-bond donors (Lipinski definition) is 3. The van der Waals surface area contributed by atoms with Crippen LogP contribution in [-0.4, -0.2) is 29.5 Å². The van der Waals surface area contributed by atoms with Crippen molar-refractivity contribution in [3.05, 3.63) is 66.7 Å². The van der Waals surface area contributed by atoms with Crippen molar-refractivity contribution >= 4 is 17.8 Å². The number of rotatable bonds is 6. The van der Waals surface area contributed by atoms with E-state index in [9.17, 15) is 14.4 Å². The molecule has 0 unspecified atom stereocenters. The summed E-state index contributed by atoms with van der Waals surface area (Å²) in [6.45, 7) is -0.298. The molecule has 0 aliphatic carbocycles. The molecule has 0 saturated carbocycles. The third kappa shape index (κ3) is 6.19. The van der Waals surface area contributed by atoms with Crippen molar-refractivity contribution in [2.24, 2.45) is 0 Å². The number of aliphatic carboxylic acids is 1. The van der Waals surface area contributed by atoms with Gasteiger partial charge in [0.2, 0.25) is 0 Å². The quantitative estimate of drug-likeness (QED) is 0.546. The van der Waals surface area contributed by atoms with Crippen LogP contribution in [0.2, 0.25) is 0 Å². The molecule has 0 radical (unpaired) electrons. The highest BCUT2D eigenvalue weighted by molar-refractivity contribution is 5.94. The maximum absolute atomic E-state index is 11.6. The van der Waals surface area contributed by atoms with Crippen molar-refractivity contribution in [3.8, 4) is 16.9 Å². The Labute approximate surface area is 143 Å². The maximum Gasteiger partial charge on any atom is 0.328 e. The summed E-state index contributed by atoms with van der Waals surface area (Å²) >= 11 is 0. The summed E-state index contributed by atoms with van der Waals surface area (Å²) in [6, 6.07) is 17.1. The number of benzene rings is 2. The molecule has 2 rings (SSSR count). The molecule has 0 spiro atoms. The number of carboxylic acids is 1. The average molecular weight is 340 g/mol. The molecule has 0 fully saturated rings. The Morgan fingerprint density at radius 3 is 2.16 bits per heavy atom. The Bertz CT molecular complexity index is 770.